The summed E-state index contributed by atoms with van der Waals surface area (Å²) in [6, 6.07) is 0. The van der Waals surface area contributed by atoms with Gasteiger partial charge in [0.05, 0.1) is 25.9 Å². The molecule has 0 spiro atoms. The van der Waals surface area contributed by atoms with Gasteiger partial charge < -0.3 is 23.8 Å². The highest BCUT2D eigenvalue weighted by atomic mass is 16.7. The largest absolute Gasteiger partial charge is 0.466 e. The van der Waals surface area contributed by atoms with E-state index in [1.807, 2.05) is 0 Å². The number of unbranched alkanes of at least 4 members (excludes halogenated alkanes) is 16. The summed E-state index contributed by atoms with van der Waals surface area (Å²) in [7, 11) is 4.23. The molecular formula is C49H95NO6. The Morgan fingerprint density at radius 2 is 0.946 bits per heavy atom. The Kier molecular flexibility index (Phi) is 34.8. The van der Waals surface area contributed by atoms with Crippen molar-refractivity contribution in [1.29, 1.82) is 0 Å². The molecule has 1 aliphatic rings. The van der Waals surface area contributed by atoms with E-state index in [9.17, 15) is 9.59 Å². The van der Waals surface area contributed by atoms with Gasteiger partial charge in [0.15, 0.2) is 5.79 Å². The molecule has 7 heteroatoms. The lowest BCUT2D eigenvalue weighted by molar-refractivity contribution is -0.180. The summed E-state index contributed by atoms with van der Waals surface area (Å²) < 4.78 is 24.5. The van der Waals surface area contributed by atoms with Gasteiger partial charge in [-0.05, 0) is 70.9 Å². The third-order valence-corrected chi connectivity index (χ3v) is 12.1. The van der Waals surface area contributed by atoms with E-state index in [1.54, 1.807) is 0 Å². The van der Waals surface area contributed by atoms with E-state index >= 15 is 0 Å². The minimum Gasteiger partial charge on any atom is -0.466 e. The van der Waals surface area contributed by atoms with Crippen molar-refractivity contribution in [1.82, 2.24) is 4.90 Å². The molecule has 56 heavy (non-hydrogen) atoms. The average Bonchev–Trinajstić information content (AvgIpc) is 3.59. The molecule has 0 saturated carbocycles. The number of hydrogen-bond acceptors (Lipinski definition) is 7. The van der Waals surface area contributed by atoms with Crippen LogP contribution in [0.1, 0.15) is 240 Å². The van der Waals surface area contributed by atoms with E-state index in [-0.39, 0.29) is 18.0 Å². The summed E-state index contributed by atoms with van der Waals surface area (Å²) in [5, 5.41) is 0. The summed E-state index contributed by atoms with van der Waals surface area (Å²) in [6.45, 7) is 11.9. The number of nitrogens with zero attached hydrogens (tertiary/aromatic N) is 1. The molecule has 1 heterocycles. The Bertz CT molecular complexity index is 820. The molecule has 1 unspecified atom stereocenters. The number of esters is 2. The maximum absolute atomic E-state index is 12.4. The molecule has 7 nitrogen and oxygen atoms in total. The van der Waals surface area contributed by atoms with Crippen LogP contribution in [0.25, 0.3) is 0 Å². The van der Waals surface area contributed by atoms with Gasteiger partial charge in [-0.3, -0.25) is 9.59 Å². The summed E-state index contributed by atoms with van der Waals surface area (Å²) in [6.07, 6.45) is 37.5. The minimum atomic E-state index is -0.458. The molecule has 0 aromatic carbocycles. The Balaban J connectivity index is 2.30. The fraction of sp³-hybridized carbons (Fsp3) is 0.959. The van der Waals surface area contributed by atoms with Gasteiger partial charge in [-0.1, -0.05) is 169 Å². The predicted molar refractivity (Wildman–Crippen MR) is 236 cm³/mol. The van der Waals surface area contributed by atoms with Gasteiger partial charge in [0, 0.05) is 32.2 Å². The van der Waals surface area contributed by atoms with Gasteiger partial charge in [0.2, 0.25) is 0 Å². The molecule has 1 fully saturated rings. The third kappa shape index (κ3) is 29.9. The van der Waals surface area contributed by atoms with Gasteiger partial charge in [-0.2, -0.15) is 0 Å². The first-order valence-electron chi connectivity index (χ1n) is 24.5. The number of carbonyl (C=O) groups is 2. The van der Waals surface area contributed by atoms with E-state index in [2.05, 4.69) is 46.7 Å². The topological polar surface area (TPSA) is 74.3 Å². The number of carbonyl (C=O) groups excluding carboxylic acids is 2. The first kappa shape index (κ1) is 52.8. The van der Waals surface area contributed by atoms with Crippen LogP contribution in [0.5, 0.6) is 0 Å². The molecule has 1 saturated heterocycles. The maximum atomic E-state index is 12.4. The van der Waals surface area contributed by atoms with E-state index in [0.29, 0.717) is 44.5 Å². The van der Waals surface area contributed by atoms with Crippen molar-refractivity contribution in [2.24, 2.45) is 11.8 Å². The van der Waals surface area contributed by atoms with Crippen LogP contribution in [0.3, 0.4) is 0 Å². The number of ether oxygens (including phenoxy) is 4. The normalized spacial score (nSPS) is 15.4. The molecule has 0 aromatic heterocycles. The van der Waals surface area contributed by atoms with Crippen LogP contribution in [-0.4, -0.2) is 69.2 Å². The van der Waals surface area contributed by atoms with Crippen LogP contribution in [0.15, 0.2) is 0 Å². The van der Waals surface area contributed by atoms with Gasteiger partial charge in [0.25, 0.3) is 0 Å². The SMILES string of the molecule is CCCCCC(CCCCC)CCOC(=O)CCCCCCCC1(CCCCCCCC(=O)OCCC(CCCCC)CCCCC)OCC(CCN(C)C)O1. The molecule has 1 rings (SSSR count). The molecule has 0 N–H and O–H groups in total. The number of rotatable bonds is 41. The molecule has 1 aliphatic heterocycles. The van der Waals surface area contributed by atoms with Gasteiger partial charge in [-0.15, -0.1) is 0 Å². The first-order chi connectivity index (χ1) is 27.3. The minimum absolute atomic E-state index is 0.0176. The molecule has 0 radical (unpaired) electrons. The van der Waals surface area contributed by atoms with E-state index in [0.717, 1.165) is 103 Å². The fourth-order valence-electron chi connectivity index (χ4n) is 8.36. The predicted octanol–water partition coefficient (Wildman–Crippen LogP) is 13.9. The second-order valence-corrected chi connectivity index (χ2v) is 17.8. The van der Waals surface area contributed by atoms with Crippen molar-refractivity contribution in [3.63, 3.8) is 0 Å². The van der Waals surface area contributed by atoms with Crippen molar-refractivity contribution < 1.29 is 28.5 Å². The molecule has 0 amide bonds. The van der Waals surface area contributed by atoms with Crippen LogP contribution >= 0.6 is 0 Å². The van der Waals surface area contributed by atoms with Crippen molar-refractivity contribution in [3.8, 4) is 0 Å². The Morgan fingerprint density at radius 3 is 1.34 bits per heavy atom. The average molecular weight is 794 g/mol. The second kappa shape index (κ2) is 36.9. The summed E-state index contributed by atoms with van der Waals surface area (Å²) in [5.74, 6) is 0.915. The van der Waals surface area contributed by atoms with Crippen molar-refractivity contribution in [2.45, 2.75) is 251 Å². The highest BCUT2D eigenvalue weighted by Crippen LogP contribution is 2.36. The van der Waals surface area contributed by atoms with Crippen molar-refractivity contribution in [3.05, 3.63) is 0 Å². The van der Waals surface area contributed by atoms with Crippen LogP contribution in [0.4, 0.5) is 0 Å². The van der Waals surface area contributed by atoms with Gasteiger partial charge in [0.1, 0.15) is 0 Å². The van der Waals surface area contributed by atoms with Crippen LogP contribution in [-0.2, 0) is 28.5 Å². The van der Waals surface area contributed by atoms with Crippen LogP contribution in [0, 0.1) is 11.8 Å². The molecular weight excluding hydrogens is 699 g/mol. The molecule has 0 aromatic rings. The van der Waals surface area contributed by atoms with E-state index in [4.69, 9.17) is 18.9 Å². The molecule has 0 bridgehead atoms. The zero-order valence-corrected chi connectivity index (χ0v) is 38.3. The van der Waals surface area contributed by atoms with E-state index in [1.165, 1.54) is 103 Å². The third-order valence-electron chi connectivity index (χ3n) is 12.1. The maximum Gasteiger partial charge on any atom is 0.305 e. The highest BCUT2D eigenvalue weighted by Gasteiger charge is 2.40. The Labute approximate surface area is 348 Å². The van der Waals surface area contributed by atoms with Gasteiger partial charge >= 0.3 is 11.9 Å². The van der Waals surface area contributed by atoms with Crippen LogP contribution in [0.2, 0.25) is 0 Å². The smallest absolute Gasteiger partial charge is 0.305 e. The van der Waals surface area contributed by atoms with Crippen molar-refractivity contribution >= 4 is 11.9 Å². The summed E-state index contributed by atoms with van der Waals surface area (Å²) in [5.41, 5.74) is 0. The quantitative estimate of drug-likeness (QED) is 0.0451. The molecule has 332 valence electrons. The lowest BCUT2D eigenvalue weighted by Crippen LogP contribution is -2.31. The first-order valence-corrected chi connectivity index (χ1v) is 24.5. The lowest BCUT2D eigenvalue weighted by atomic mass is 9.92. The summed E-state index contributed by atoms with van der Waals surface area (Å²) in [4.78, 5) is 27.1. The lowest BCUT2D eigenvalue weighted by Gasteiger charge is -2.29. The van der Waals surface area contributed by atoms with Crippen LogP contribution < -0.4 is 0 Å². The zero-order valence-electron chi connectivity index (χ0n) is 38.3. The standard InChI is InChI=1S/C49H95NO6/c1-7-11-21-29-44(30-22-12-8-2)36-41-53-47(51)33-25-17-15-19-27-38-49(55-43-46(56-49)35-40-50(5)6)39-28-20-16-18-26-34-48(52)54-42-37-45(31-23-13-9-3)32-24-14-10-4/h44-46H,7-43H2,1-6H3. The second-order valence-electron chi connectivity index (χ2n) is 17.8. The monoisotopic (exact) mass is 794 g/mol. The summed E-state index contributed by atoms with van der Waals surface area (Å²) >= 11 is 0. The molecule has 1 atom stereocenters. The Morgan fingerprint density at radius 1 is 0.554 bits per heavy atom. The molecule has 0 aliphatic carbocycles. The fourth-order valence-corrected chi connectivity index (χ4v) is 8.36. The van der Waals surface area contributed by atoms with Crippen molar-refractivity contribution in [2.75, 3.05) is 40.5 Å². The highest BCUT2D eigenvalue weighted by molar-refractivity contribution is 5.69. The Hall–Kier alpha value is -1.18. The van der Waals surface area contributed by atoms with E-state index < -0.39 is 5.79 Å². The number of hydrogen-bond donors (Lipinski definition) is 0. The zero-order chi connectivity index (χ0) is 41.0. The van der Waals surface area contributed by atoms with Gasteiger partial charge in [-0.25, -0.2) is 0 Å².